The monoisotopic (exact) mass is 281 g/mol. The Morgan fingerprint density at radius 3 is 2.81 bits per heavy atom. The van der Waals surface area contributed by atoms with E-state index >= 15 is 0 Å². The second-order valence-corrected chi connectivity index (χ2v) is 6.00. The van der Waals surface area contributed by atoms with Crippen LogP contribution >= 0.6 is 0 Å². The summed E-state index contributed by atoms with van der Waals surface area (Å²) in [7, 11) is 0. The molecule has 0 spiro atoms. The van der Waals surface area contributed by atoms with Gasteiger partial charge in [-0.25, -0.2) is 0 Å². The lowest BCUT2D eigenvalue weighted by Gasteiger charge is -2.30. The van der Waals surface area contributed by atoms with Crippen molar-refractivity contribution in [2.75, 3.05) is 6.61 Å². The highest BCUT2D eigenvalue weighted by molar-refractivity contribution is 5.54. The minimum atomic E-state index is -1.04. The van der Waals surface area contributed by atoms with Gasteiger partial charge >= 0.3 is 0 Å². The van der Waals surface area contributed by atoms with Gasteiger partial charge in [-0.1, -0.05) is 42.5 Å². The molecule has 0 saturated heterocycles. The maximum Gasteiger partial charge on any atom is 0.128 e. The molecule has 1 aliphatic carbocycles. The number of hydrogen-bond acceptors (Lipinski definition) is 3. The Balaban J connectivity index is 1.91. The normalized spacial score (nSPS) is 26.9. The van der Waals surface area contributed by atoms with Crippen LogP contribution in [0.5, 0.6) is 5.75 Å². The van der Waals surface area contributed by atoms with Gasteiger partial charge in [-0.15, -0.1) is 0 Å². The zero-order chi connectivity index (χ0) is 14.4. The van der Waals surface area contributed by atoms with Crippen molar-refractivity contribution in [3.05, 3.63) is 64.7 Å². The molecule has 1 aliphatic heterocycles. The van der Waals surface area contributed by atoms with E-state index in [-0.39, 0.29) is 6.04 Å². The van der Waals surface area contributed by atoms with Crippen molar-refractivity contribution < 1.29 is 9.84 Å². The lowest BCUT2D eigenvalue weighted by atomic mass is 9.85. The summed E-state index contributed by atoms with van der Waals surface area (Å²) < 4.78 is 5.88. The summed E-state index contributed by atoms with van der Waals surface area (Å²) in [5.41, 5.74) is 9.19. The number of aliphatic hydroxyl groups is 1. The van der Waals surface area contributed by atoms with Crippen molar-refractivity contribution in [1.29, 1.82) is 0 Å². The van der Waals surface area contributed by atoms with Crippen LogP contribution in [0.3, 0.4) is 0 Å². The lowest BCUT2D eigenvalue weighted by Crippen LogP contribution is -2.27. The molecule has 3 N–H and O–H groups in total. The average molecular weight is 281 g/mol. The molecule has 0 amide bonds. The van der Waals surface area contributed by atoms with Gasteiger partial charge in [0.15, 0.2) is 0 Å². The molecule has 2 aromatic rings. The number of para-hydroxylation sites is 1. The molecular formula is C18H19NO2. The molecule has 2 unspecified atom stereocenters. The second kappa shape index (κ2) is 4.58. The number of aryl methyl sites for hydroxylation is 1. The third kappa shape index (κ3) is 1.81. The molecule has 4 rings (SSSR count). The highest BCUT2D eigenvalue weighted by Crippen LogP contribution is 2.49. The lowest BCUT2D eigenvalue weighted by molar-refractivity contribution is 0.0730. The van der Waals surface area contributed by atoms with Crippen LogP contribution < -0.4 is 10.5 Å². The Morgan fingerprint density at radius 2 is 1.90 bits per heavy atom. The first-order chi connectivity index (χ1) is 10.2. The minimum absolute atomic E-state index is 0.134. The smallest absolute Gasteiger partial charge is 0.128 e. The van der Waals surface area contributed by atoms with Gasteiger partial charge in [-0.05, 0) is 29.5 Å². The van der Waals surface area contributed by atoms with Crippen molar-refractivity contribution in [1.82, 2.24) is 0 Å². The van der Waals surface area contributed by atoms with Gasteiger partial charge in [-0.2, -0.15) is 0 Å². The van der Waals surface area contributed by atoms with Crippen LogP contribution in [0.2, 0.25) is 0 Å². The van der Waals surface area contributed by atoms with E-state index in [4.69, 9.17) is 10.5 Å². The Morgan fingerprint density at radius 1 is 1.10 bits per heavy atom. The van der Waals surface area contributed by atoms with Crippen molar-refractivity contribution in [3.63, 3.8) is 0 Å². The third-order valence-corrected chi connectivity index (χ3v) is 4.70. The average Bonchev–Trinajstić information content (AvgIpc) is 2.80. The van der Waals surface area contributed by atoms with E-state index in [1.165, 1.54) is 5.56 Å². The summed E-state index contributed by atoms with van der Waals surface area (Å²) in [6, 6.07) is 13.8. The molecule has 1 heterocycles. The van der Waals surface area contributed by atoms with Crippen LogP contribution in [0.4, 0.5) is 0 Å². The topological polar surface area (TPSA) is 55.5 Å². The number of benzene rings is 2. The molecule has 2 aliphatic rings. The summed E-state index contributed by atoms with van der Waals surface area (Å²) in [6.07, 6.45) is 2.55. The largest absolute Gasteiger partial charge is 0.493 e. The Labute approximate surface area is 124 Å². The summed E-state index contributed by atoms with van der Waals surface area (Å²) in [5.74, 6) is 0.857. The van der Waals surface area contributed by atoms with Crippen molar-refractivity contribution >= 4 is 0 Å². The quantitative estimate of drug-likeness (QED) is 0.845. The first kappa shape index (κ1) is 12.9. The van der Waals surface area contributed by atoms with Crippen LogP contribution in [-0.2, 0) is 12.0 Å². The van der Waals surface area contributed by atoms with E-state index in [1.54, 1.807) is 0 Å². The molecule has 0 fully saturated rings. The van der Waals surface area contributed by atoms with Gasteiger partial charge in [0.05, 0.1) is 6.61 Å². The molecular weight excluding hydrogens is 262 g/mol. The van der Waals surface area contributed by atoms with E-state index in [0.29, 0.717) is 13.0 Å². The summed E-state index contributed by atoms with van der Waals surface area (Å²) in [5, 5.41) is 11.4. The second-order valence-electron chi connectivity index (χ2n) is 6.00. The molecule has 2 aromatic carbocycles. The van der Waals surface area contributed by atoms with Crippen LogP contribution in [0, 0.1) is 0 Å². The minimum Gasteiger partial charge on any atom is -0.493 e. The maximum absolute atomic E-state index is 11.4. The highest BCUT2D eigenvalue weighted by Gasteiger charge is 2.44. The maximum atomic E-state index is 11.4. The number of nitrogens with two attached hydrogens (primary N) is 1. The molecule has 3 nitrogen and oxygen atoms in total. The van der Waals surface area contributed by atoms with Crippen molar-refractivity contribution in [2.24, 2.45) is 5.73 Å². The van der Waals surface area contributed by atoms with Crippen molar-refractivity contribution in [2.45, 2.75) is 30.9 Å². The first-order valence-corrected chi connectivity index (χ1v) is 7.53. The third-order valence-electron chi connectivity index (χ3n) is 4.70. The molecule has 0 aromatic heterocycles. The van der Waals surface area contributed by atoms with Gasteiger partial charge in [0.25, 0.3) is 0 Å². The molecule has 0 radical (unpaired) electrons. The summed E-state index contributed by atoms with van der Waals surface area (Å²) >= 11 is 0. The molecule has 0 bridgehead atoms. The van der Waals surface area contributed by atoms with Gasteiger partial charge in [-0.3, -0.25) is 0 Å². The molecule has 108 valence electrons. The SMILES string of the molecule is NC1CC(O)(c2cccc3c2OCCC3)c2ccccc21. The molecule has 21 heavy (non-hydrogen) atoms. The fourth-order valence-corrected chi connectivity index (χ4v) is 3.70. The molecule has 2 atom stereocenters. The number of hydrogen-bond donors (Lipinski definition) is 2. The van der Waals surface area contributed by atoms with E-state index in [1.807, 2.05) is 36.4 Å². The van der Waals surface area contributed by atoms with Crippen LogP contribution in [0.15, 0.2) is 42.5 Å². The van der Waals surface area contributed by atoms with E-state index in [0.717, 1.165) is 35.3 Å². The van der Waals surface area contributed by atoms with E-state index in [9.17, 15) is 5.11 Å². The fourth-order valence-electron chi connectivity index (χ4n) is 3.70. The van der Waals surface area contributed by atoms with Gasteiger partial charge < -0.3 is 15.6 Å². The van der Waals surface area contributed by atoms with Crippen LogP contribution in [0.25, 0.3) is 0 Å². The standard InChI is InChI=1S/C18H19NO2/c19-16-11-18(20,14-8-2-1-7-13(14)16)15-9-3-5-12-6-4-10-21-17(12)15/h1-3,5,7-9,16,20H,4,6,10-11,19H2. The Kier molecular flexibility index (Phi) is 2.81. The zero-order valence-corrected chi connectivity index (χ0v) is 11.9. The van der Waals surface area contributed by atoms with Crippen LogP contribution in [-0.4, -0.2) is 11.7 Å². The number of rotatable bonds is 1. The first-order valence-electron chi connectivity index (χ1n) is 7.53. The molecule has 0 saturated carbocycles. The Bertz CT molecular complexity index is 697. The summed E-state index contributed by atoms with van der Waals surface area (Å²) in [6.45, 7) is 0.716. The van der Waals surface area contributed by atoms with E-state index < -0.39 is 5.60 Å². The van der Waals surface area contributed by atoms with E-state index in [2.05, 4.69) is 6.07 Å². The fraction of sp³-hybridized carbons (Fsp3) is 0.333. The number of fused-ring (bicyclic) bond motifs is 2. The van der Waals surface area contributed by atoms with Gasteiger partial charge in [0, 0.05) is 18.0 Å². The zero-order valence-electron chi connectivity index (χ0n) is 11.9. The van der Waals surface area contributed by atoms with Gasteiger partial charge in [0.2, 0.25) is 0 Å². The number of ether oxygens (including phenoxy) is 1. The predicted octanol–water partition coefficient (Wildman–Crippen LogP) is 2.65. The van der Waals surface area contributed by atoms with Gasteiger partial charge in [0.1, 0.15) is 11.4 Å². The highest BCUT2D eigenvalue weighted by atomic mass is 16.5. The van der Waals surface area contributed by atoms with Crippen LogP contribution in [0.1, 0.15) is 41.1 Å². The predicted molar refractivity (Wildman–Crippen MR) is 81.2 cm³/mol. The molecule has 3 heteroatoms. The van der Waals surface area contributed by atoms with Crippen molar-refractivity contribution in [3.8, 4) is 5.75 Å². The summed E-state index contributed by atoms with van der Waals surface area (Å²) in [4.78, 5) is 0. The Hall–Kier alpha value is -1.84.